The molecule has 0 fully saturated rings. The second-order valence-electron chi connectivity index (χ2n) is 7.99. The highest BCUT2D eigenvalue weighted by molar-refractivity contribution is 5.94. The highest BCUT2D eigenvalue weighted by Gasteiger charge is 2.28. The molecule has 0 atom stereocenters. The van der Waals surface area contributed by atoms with E-state index >= 15 is 0 Å². The Labute approximate surface area is 187 Å². The van der Waals surface area contributed by atoms with Gasteiger partial charge in [-0.2, -0.15) is 18.3 Å². The number of hydrogen-bond acceptors (Lipinski definition) is 4. The quantitative estimate of drug-likeness (QED) is 0.340. The third kappa shape index (κ3) is 4.13. The van der Waals surface area contributed by atoms with Crippen molar-refractivity contribution in [2.24, 2.45) is 0 Å². The standard InChI is InChI=1S/C24H20F3N5O/c1-15-22(16(2)33-30-15)18-8-21-23(28-9-18)20(13-31(21)11-17-6-4-3-5-7-17)19-10-29-32(12-19)14-24(25,26)27/h3-10,12-13H,11,14H2,1-2H3. The highest BCUT2D eigenvalue weighted by atomic mass is 19.4. The number of aromatic nitrogens is 5. The number of rotatable bonds is 5. The van der Waals surface area contributed by atoms with Crippen molar-refractivity contribution in [2.45, 2.75) is 33.1 Å². The first-order chi connectivity index (χ1) is 15.8. The van der Waals surface area contributed by atoms with E-state index in [0.29, 0.717) is 23.4 Å². The monoisotopic (exact) mass is 451 g/mol. The second-order valence-corrected chi connectivity index (χ2v) is 7.99. The summed E-state index contributed by atoms with van der Waals surface area (Å²) in [5.74, 6) is 0.698. The van der Waals surface area contributed by atoms with Gasteiger partial charge in [0.1, 0.15) is 12.3 Å². The molecule has 0 aliphatic carbocycles. The molecular formula is C24H20F3N5O. The van der Waals surface area contributed by atoms with Crippen LogP contribution < -0.4 is 0 Å². The van der Waals surface area contributed by atoms with Crippen LogP contribution in [-0.2, 0) is 13.1 Å². The normalized spacial score (nSPS) is 12.0. The SMILES string of the molecule is Cc1noc(C)c1-c1cnc2c(-c3cnn(CC(F)(F)F)c3)cn(Cc3ccccc3)c2c1. The van der Waals surface area contributed by atoms with Crippen molar-refractivity contribution >= 4 is 11.0 Å². The molecule has 0 saturated heterocycles. The molecule has 0 aliphatic heterocycles. The van der Waals surface area contributed by atoms with E-state index in [1.54, 1.807) is 6.20 Å². The molecule has 168 valence electrons. The molecule has 0 amide bonds. The fourth-order valence-electron chi connectivity index (χ4n) is 4.09. The first-order valence-electron chi connectivity index (χ1n) is 10.3. The Bertz CT molecular complexity index is 1410. The van der Waals surface area contributed by atoms with Crippen LogP contribution in [0.1, 0.15) is 17.0 Å². The molecule has 5 aromatic rings. The fraction of sp³-hybridized carbons (Fsp3) is 0.208. The van der Waals surface area contributed by atoms with Crippen molar-refractivity contribution < 1.29 is 17.7 Å². The lowest BCUT2D eigenvalue weighted by molar-refractivity contribution is -0.142. The molecule has 6 nitrogen and oxygen atoms in total. The predicted octanol–water partition coefficient (Wildman–Crippen LogP) is 5.78. The van der Waals surface area contributed by atoms with Gasteiger partial charge in [0.15, 0.2) is 0 Å². The maximum Gasteiger partial charge on any atom is 0.408 e. The summed E-state index contributed by atoms with van der Waals surface area (Å²) in [6.45, 7) is 3.17. The Hall–Kier alpha value is -3.88. The van der Waals surface area contributed by atoms with E-state index in [0.717, 1.165) is 38.1 Å². The molecule has 0 spiro atoms. The van der Waals surface area contributed by atoms with Crippen molar-refractivity contribution in [3.63, 3.8) is 0 Å². The van der Waals surface area contributed by atoms with Crippen LogP contribution in [-0.4, -0.2) is 30.7 Å². The molecule has 9 heteroatoms. The molecule has 0 N–H and O–H groups in total. The van der Waals surface area contributed by atoms with Gasteiger partial charge in [-0.05, 0) is 25.5 Å². The maximum atomic E-state index is 12.8. The molecule has 4 heterocycles. The smallest absolute Gasteiger partial charge is 0.361 e. The summed E-state index contributed by atoms with van der Waals surface area (Å²) in [6, 6.07) is 12.0. The Balaban J connectivity index is 1.64. The summed E-state index contributed by atoms with van der Waals surface area (Å²) in [4.78, 5) is 4.69. The maximum absolute atomic E-state index is 12.8. The van der Waals surface area contributed by atoms with Gasteiger partial charge in [-0.1, -0.05) is 35.5 Å². The van der Waals surface area contributed by atoms with Crippen molar-refractivity contribution in [3.8, 4) is 22.3 Å². The minimum Gasteiger partial charge on any atom is -0.361 e. The zero-order valence-corrected chi connectivity index (χ0v) is 18.0. The summed E-state index contributed by atoms with van der Waals surface area (Å²) in [6.07, 6.45) is 2.16. The van der Waals surface area contributed by atoms with E-state index in [4.69, 9.17) is 9.51 Å². The molecule has 0 bridgehead atoms. The third-order valence-corrected chi connectivity index (χ3v) is 5.52. The summed E-state index contributed by atoms with van der Waals surface area (Å²) < 4.78 is 46.7. The molecule has 4 aromatic heterocycles. The highest BCUT2D eigenvalue weighted by Crippen LogP contribution is 2.34. The van der Waals surface area contributed by atoms with Gasteiger partial charge in [-0.25, -0.2) is 0 Å². The molecule has 0 saturated carbocycles. The van der Waals surface area contributed by atoms with Crippen molar-refractivity contribution in [1.82, 2.24) is 24.5 Å². The van der Waals surface area contributed by atoms with E-state index in [1.807, 2.05) is 56.4 Å². The van der Waals surface area contributed by atoms with Crippen molar-refractivity contribution in [1.29, 1.82) is 0 Å². The molecule has 0 unspecified atom stereocenters. The Morgan fingerprint density at radius 2 is 1.79 bits per heavy atom. The van der Waals surface area contributed by atoms with Crippen LogP contribution in [0, 0.1) is 13.8 Å². The first-order valence-corrected chi connectivity index (χ1v) is 10.3. The zero-order chi connectivity index (χ0) is 23.2. The molecule has 1 aromatic carbocycles. The van der Waals surface area contributed by atoms with Crippen molar-refractivity contribution in [3.05, 3.63) is 78.2 Å². The summed E-state index contributed by atoms with van der Waals surface area (Å²) in [5.41, 5.74) is 6.46. The zero-order valence-electron chi connectivity index (χ0n) is 18.0. The first kappa shape index (κ1) is 21.0. The van der Waals surface area contributed by atoms with Crippen LogP contribution >= 0.6 is 0 Å². The number of nitrogens with zero attached hydrogens (tertiary/aromatic N) is 5. The third-order valence-electron chi connectivity index (χ3n) is 5.52. The van der Waals surface area contributed by atoms with Gasteiger partial charge in [0.05, 0.1) is 22.9 Å². The average Bonchev–Trinajstić information content (AvgIpc) is 3.45. The molecule has 33 heavy (non-hydrogen) atoms. The minimum atomic E-state index is -4.34. The van der Waals surface area contributed by atoms with E-state index in [-0.39, 0.29) is 0 Å². The average molecular weight is 451 g/mol. The van der Waals surface area contributed by atoms with Crippen LogP contribution in [0.2, 0.25) is 0 Å². The molecule has 0 aliphatic rings. The lowest BCUT2D eigenvalue weighted by Gasteiger charge is -2.07. The van der Waals surface area contributed by atoms with Crippen LogP contribution in [0.3, 0.4) is 0 Å². The molecular weight excluding hydrogens is 431 g/mol. The Kier molecular flexibility index (Phi) is 5.03. The van der Waals surface area contributed by atoms with Crippen molar-refractivity contribution in [2.75, 3.05) is 0 Å². The van der Waals surface area contributed by atoms with Crippen LogP contribution in [0.5, 0.6) is 0 Å². The predicted molar refractivity (Wildman–Crippen MR) is 118 cm³/mol. The van der Waals surface area contributed by atoms with Gasteiger partial charge in [0.2, 0.25) is 0 Å². The topological polar surface area (TPSA) is 61.7 Å². The number of alkyl halides is 3. The van der Waals surface area contributed by atoms with E-state index < -0.39 is 12.7 Å². The summed E-state index contributed by atoms with van der Waals surface area (Å²) in [7, 11) is 0. The number of aryl methyl sites for hydroxylation is 2. The molecule has 0 radical (unpaired) electrons. The number of pyridine rings is 1. The number of benzene rings is 1. The minimum absolute atomic E-state index is 0.577. The van der Waals surface area contributed by atoms with Crippen LogP contribution in [0.4, 0.5) is 13.2 Å². The van der Waals surface area contributed by atoms with E-state index in [9.17, 15) is 13.2 Å². The van der Waals surface area contributed by atoms with Gasteiger partial charge >= 0.3 is 6.18 Å². The van der Waals surface area contributed by atoms with Gasteiger partial charge in [-0.3, -0.25) is 9.67 Å². The number of hydrogen-bond donors (Lipinski definition) is 0. The second kappa shape index (κ2) is 7.91. The van der Waals surface area contributed by atoms with Gasteiger partial charge in [0, 0.05) is 47.4 Å². The lowest BCUT2D eigenvalue weighted by Crippen LogP contribution is -2.17. The van der Waals surface area contributed by atoms with Gasteiger partial charge < -0.3 is 9.09 Å². The molecule has 5 rings (SSSR count). The number of fused-ring (bicyclic) bond motifs is 1. The Morgan fingerprint density at radius 3 is 2.48 bits per heavy atom. The van der Waals surface area contributed by atoms with E-state index in [2.05, 4.69) is 14.8 Å². The number of halogens is 3. The van der Waals surface area contributed by atoms with Crippen LogP contribution in [0.25, 0.3) is 33.3 Å². The van der Waals surface area contributed by atoms with E-state index in [1.165, 1.54) is 12.4 Å². The lowest BCUT2D eigenvalue weighted by atomic mass is 10.1. The largest absolute Gasteiger partial charge is 0.408 e. The fourth-order valence-corrected chi connectivity index (χ4v) is 4.09. The Morgan fingerprint density at radius 1 is 1.00 bits per heavy atom. The van der Waals surface area contributed by atoms with Crippen LogP contribution in [0.15, 0.2) is 65.7 Å². The van der Waals surface area contributed by atoms with Gasteiger partial charge in [-0.15, -0.1) is 0 Å². The summed E-state index contributed by atoms with van der Waals surface area (Å²) in [5, 5.41) is 7.93. The van der Waals surface area contributed by atoms with Gasteiger partial charge in [0.25, 0.3) is 0 Å². The summed E-state index contributed by atoms with van der Waals surface area (Å²) >= 11 is 0.